The van der Waals surface area contributed by atoms with Gasteiger partial charge in [-0.15, -0.1) is 0 Å². The molecule has 0 saturated heterocycles. The van der Waals surface area contributed by atoms with Gasteiger partial charge in [-0.2, -0.15) is 0 Å². The SMILES string of the molecule is CN(CCC(N)c1cccc(Cl)c1Cl)CC1CCCCC1. The lowest BCUT2D eigenvalue weighted by atomic mass is 9.89. The lowest BCUT2D eigenvalue weighted by molar-refractivity contribution is 0.228. The van der Waals surface area contributed by atoms with Gasteiger partial charge in [0.2, 0.25) is 0 Å². The molecule has 2 nitrogen and oxygen atoms in total. The van der Waals surface area contributed by atoms with Crippen LogP contribution < -0.4 is 5.73 Å². The molecule has 21 heavy (non-hydrogen) atoms. The van der Waals surface area contributed by atoms with E-state index in [4.69, 9.17) is 28.9 Å². The van der Waals surface area contributed by atoms with Crippen molar-refractivity contribution < 1.29 is 0 Å². The lowest BCUT2D eigenvalue weighted by Gasteiger charge is -2.27. The first-order valence-corrected chi connectivity index (χ1v) is 8.71. The first-order valence-electron chi connectivity index (χ1n) is 7.96. The summed E-state index contributed by atoms with van der Waals surface area (Å²) in [6.45, 7) is 2.19. The van der Waals surface area contributed by atoms with E-state index >= 15 is 0 Å². The zero-order chi connectivity index (χ0) is 15.2. The Morgan fingerprint density at radius 1 is 1.24 bits per heavy atom. The van der Waals surface area contributed by atoms with Crippen LogP contribution in [0.5, 0.6) is 0 Å². The third kappa shape index (κ3) is 5.14. The Balaban J connectivity index is 1.80. The molecule has 1 aromatic carbocycles. The maximum atomic E-state index is 6.28. The number of nitrogens with two attached hydrogens (primary N) is 1. The van der Waals surface area contributed by atoms with Crippen molar-refractivity contribution in [2.45, 2.75) is 44.6 Å². The van der Waals surface area contributed by atoms with Crippen molar-refractivity contribution in [2.75, 3.05) is 20.1 Å². The number of halogens is 2. The Kier molecular flexibility index (Phi) is 6.81. The predicted octanol–water partition coefficient (Wildman–Crippen LogP) is 4.90. The molecule has 1 saturated carbocycles. The van der Waals surface area contributed by atoms with Crippen LogP contribution in [0.25, 0.3) is 0 Å². The highest BCUT2D eigenvalue weighted by molar-refractivity contribution is 6.42. The number of benzene rings is 1. The third-order valence-corrected chi connectivity index (χ3v) is 5.33. The molecule has 1 fully saturated rings. The van der Waals surface area contributed by atoms with Crippen LogP contribution in [0, 0.1) is 5.92 Å². The minimum Gasteiger partial charge on any atom is -0.324 e. The molecule has 1 aliphatic rings. The van der Waals surface area contributed by atoms with E-state index < -0.39 is 0 Å². The third-order valence-electron chi connectivity index (χ3n) is 4.50. The van der Waals surface area contributed by atoms with Crippen LogP contribution >= 0.6 is 23.2 Å². The van der Waals surface area contributed by atoms with Gasteiger partial charge in [0, 0.05) is 12.6 Å². The fourth-order valence-corrected chi connectivity index (χ4v) is 3.67. The lowest BCUT2D eigenvalue weighted by Crippen LogP contribution is -2.29. The van der Waals surface area contributed by atoms with Gasteiger partial charge in [0.15, 0.2) is 0 Å². The normalized spacial score (nSPS) is 18.1. The molecule has 4 heteroatoms. The minimum absolute atomic E-state index is 0.0509. The van der Waals surface area contributed by atoms with Crippen LogP contribution in [0.15, 0.2) is 18.2 Å². The molecule has 0 amide bonds. The quantitative estimate of drug-likeness (QED) is 0.805. The maximum absolute atomic E-state index is 6.28. The topological polar surface area (TPSA) is 29.3 Å². The summed E-state index contributed by atoms with van der Waals surface area (Å²) in [5.41, 5.74) is 7.23. The summed E-state index contributed by atoms with van der Waals surface area (Å²) < 4.78 is 0. The average Bonchev–Trinajstić information content (AvgIpc) is 2.48. The van der Waals surface area contributed by atoms with Crippen molar-refractivity contribution in [1.29, 1.82) is 0 Å². The zero-order valence-electron chi connectivity index (χ0n) is 12.8. The molecule has 0 heterocycles. The summed E-state index contributed by atoms with van der Waals surface area (Å²) >= 11 is 12.3. The van der Waals surface area contributed by atoms with E-state index in [1.807, 2.05) is 12.1 Å². The first kappa shape index (κ1) is 17.1. The fourth-order valence-electron chi connectivity index (χ4n) is 3.22. The summed E-state index contributed by atoms with van der Waals surface area (Å²) in [6.07, 6.45) is 7.89. The number of rotatable bonds is 6. The standard InChI is InChI=1S/C17H26Cl2N2/c1-21(12-13-6-3-2-4-7-13)11-10-16(20)14-8-5-9-15(18)17(14)19/h5,8-9,13,16H,2-4,6-7,10-12,20H2,1H3. The van der Waals surface area contributed by atoms with Gasteiger partial charge in [-0.1, -0.05) is 54.6 Å². The fraction of sp³-hybridized carbons (Fsp3) is 0.647. The van der Waals surface area contributed by atoms with Gasteiger partial charge >= 0.3 is 0 Å². The number of hydrogen-bond donors (Lipinski definition) is 1. The molecule has 1 aliphatic carbocycles. The van der Waals surface area contributed by atoms with Crippen molar-refractivity contribution in [3.05, 3.63) is 33.8 Å². The van der Waals surface area contributed by atoms with Crippen molar-refractivity contribution in [3.63, 3.8) is 0 Å². The average molecular weight is 329 g/mol. The van der Waals surface area contributed by atoms with Crippen molar-refractivity contribution in [2.24, 2.45) is 11.7 Å². The van der Waals surface area contributed by atoms with Gasteiger partial charge in [0.05, 0.1) is 10.0 Å². The van der Waals surface area contributed by atoms with E-state index in [1.54, 1.807) is 6.07 Å². The second-order valence-corrected chi connectivity index (χ2v) is 7.09. The van der Waals surface area contributed by atoms with Crippen LogP contribution in [-0.4, -0.2) is 25.0 Å². The first-order chi connectivity index (χ1) is 10.1. The van der Waals surface area contributed by atoms with Crippen molar-refractivity contribution >= 4 is 23.2 Å². The van der Waals surface area contributed by atoms with Gasteiger partial charge in [-0.05, 0) is 50.4 Å². The van der Waals surface area contributed by atoms with E-state index in [-0.39, 0.29) is 6.04 Å². The second kappa shape index (κ2) is 8.38. The highest BCUT2D eigenvalue weighted by Gasteiger charge is 2.17. The van der Waals surface area contributed by atoms with Crippen molar-refractivity contribution in [3.8, 4) is 0 Å². The molecule has 2 N–H and O–H groups in total. The Bertz CT molecular complexity index is 444. The molecule has 0 bridgehead atoms. The molecular weight excluding hydrogens is 303 g/mol. The molecule has 1 unspecified atom stereocenters. The summed E-state index contributed by atoms with van der Waals surface area (Å²) in [5, 5.41) is 1.18. The monoisotopic (exact) mass is 328 g/mol. The van der Waals surface area contributed by atoms with Crippen LogP contribution in [0.1, 0.15) is 50.1 Å². The maximum Gasteiger partial charge on any atom is 0.0640 e. The van der Waals surface area contributed by atoms with Crippen molar-refractivity contribution in [1.82, 2.24) is 4.90 Å². The van der Waals surface area contributed by atoms with E-state index in [0.29, 0.717) is 10.0 Å². The smallest absolute Gasteiger partial charge is 0.0640 e. The highest BCUT2D eigenvalue weighted by atomic mass is 35.5. The Labute approximate surface area is 138 Å². The highest BCUT2D eigenvalue weighted by Crippen LogP contribution is 2.30. The molecule has 0 spiro atoms. The molecule has 1 aromatic rings. The summed E-state index contributed by atoms with van der Waals surface area (Å²) in [5.74, 6) is 0.870. The van der Waals surface area contributed by atoms with Gasteiger partial charge in [0.1, 0.15) is 0 Å². The summed E-state index contributed by atoms with van der Waals surface area (Å²) in [4.78, 5) is 2.41. The zero-order valence-corrected chi connectivity index (χ0v) is 14.3. The van der Waals surface area contributed by atoms with E-state index in [0.717, 1.165) is 24.4 Å². The Morgan fingerprint density at radius 3 is 2.67 bits per heavy atom. The van der Waals surface area contributed by atoms with Gasteiger partial charge < -0.3 is 10.6 Å². The van der Waals surface area contributed by atoms with E-state index in [2.05, 4.69) is 11.9 Å². The molecule has 2 rings (SSSR count). The second-order valence-electron chi connectivity index (χ2n) is 6.30. The van der Waals surface area contributed by atoms with Crippen LogP contribution in [0.4, 0.5) is 0 Å². The van der Waals surface area contributed by atoms with Crippen LogP contribution in [0.3, 0.4) is 0 Å². The van der Waals surface area contributed by atoms with Gasteiger partial charge in [-0.25, -0.2) is 0 Å². The van der Waals surface area contributed by atoms with Crippen LogP contribution in [-0.2, 0) is 0 Å². The molecule has 0 radical (unpaired) electrons. The predicted molar refractivity (Wildman–Crippen MR) is 92.1 cm³/mol. The molecule has 1 atom stereocenters. The molecule has 118 valence electrons. The summed E-state index contributed by atoms with van der Waals surface area (Å²) in [6, 6.07) is 5.63. The van der Waals surface area contributed by atoms with Gasteiger partial charge in [-0.3, -0.25) is 0 Å². The number of nitrogens with zero attached hydrogens (tertiary/aromatic N) is 1. The molecule has 0 aromatic heterocycles. The van der Waals surface area contributed by atoms with Crippen LogP contribution in [0.2, 0.25) is 10.0 Å². The van der Waals surface area contributed by atoms with E-state index in [1.165, 1.54) is 38.6 Å². The minimum atomic E-state index is -0.0509. The summed E-state index contributed by atoms with van der Waals surface area (Å²) in [7, 11) is 2.20. The Morgan fingerprint density at radius 2 is 1.95 bits per heavy atom. The van der Waals surface area contributed by atoms with Gasteiger partial charge in [0.25, 0.3) is 0 Å². The molecule has 0 aliphatic heterocycles. The van der Waals surface area contributed by atoms with E-state index in [9.17, 15) is 0 Å². The largest absolute Gasteiger partial charge is 0.324 e. The molecular formula is C17H26Cl2N2. The Hall–Kier alpha value is -0.280. The number of hydrogen-bond acceptors (Lipinski definition) is 2.